The number of aliphatic hydroxyl groups excluding tert-OH is 1. The lowest BCUT2D eigenvalue weighted by atomic mass is 9.85. The molecule has 0 spiro atoms. The van der Waals surface area contributed by atoms with Gasteiger partial charge in [0.1, 0.15) is 0 Å². The molecule has 0 aliphatic rings. The second-order valence-electron chi connectivity index (χ2n) is 5.14. The summed E-state index contributed by atoms with van der Waals surface area (Å²) in [5.41, 5.74) is 10.2. The van der Waals surface area contributed by atoms with Crippen LogP contribution >= 0.6 is 15.9 Å². The van der Waals surface area contributed by atoms with Crippen LogP contribution in [-0.2, 0) is 0 Å². The van der Waals surface area contributed by atoms with Gasteiger partial charge in [-0.2, -0.15) is 0 Å². The van der Waals surface area contributed by atoms with Crippen molar-refractivity contribution in [2.24, 2.45) is 5.73 Å². The molecule has 0 fully saturated rings. The maximum Gasteiger partial charge on any atom is 0.0875 e. The Morgan fingerprint density at radius 1 is 1.05 bits per heavy atom. The summed E-state index contributed by atoms with van der Waals surface area (Å²) in [5.74, 6) is -0.0945. The summed E-state index contributed by atoms with van der Waals surface area (Å²) in [4.78, 5) is 0. The third-order valence-corrected chi connectivity index (χ3v) is 4.30. The van der Waals surface area contributed by atoms with Crippen molar-refractivity contribution in [1.29, 1.82) is 0 Å². The molecule has 0 aliphatic carbocycles. The standard InChI is InChI=1S/C17H20BrNO/c1-11-4-3-5-12(2)16(11)17(20)15(10-19)13-6-8-14(18)9-7-13/h3-9,15,17,20H,10,19H2,1-2H3. The topological polar surface area (TPSA) is 46.2 Å². The highest BCUT2D eigenvalue weighted by atomic mass is 79.9. The quantitative estimate of drug-likeness (QED) is 0.892. The van der Waals surface area contributed by atoms with E-state index in [1.807, 2.05) is 56.3 Å². The van der Waals surface area contributed by atoms with Crippen molar-refractivity contribution in [3.63, 3.8) is 0 Å². The normalized spacial score (nSPS) is 14.1. The van der Waals surface area contributed by atoms with E-state index in [1.54, 1.807) is 0 Å². The zero-order valence-corrected chi connectivity index (χ0v) is 13.4. The zero-order chi connectivity index (χ0) is 14.7. The Bertz CT molecular complexity index is 560. The maximum absolute atomic E-state index is 10.8. The molecule has 2 nitrogen and oxygen atoms in total. The van der Waals surface area contributed by atoms with Crippen molar-refractivity contribution in [1.82, 2.24) is 0 Å². The zero-order valence-electron chi connectivity index (χ0n) is 11.8. The van der Waals surface area contributed by atoms with Gasteiger partial charge in [0.05, 0.1) is 6.10 Å². The van der Waals surface area contributed by atoms with Crippen LogP contribution in [0.5, 0.6) is 0 Å². The predicted molar refractivity (Wildman–Crippen MR) is 86.8 cm³/mol. The van der Waals surface area contributed by atoms with Crippen LogP contribution in [0.1, 0.15) is 34.3 Å². The first-order valence-electron chi connectivity index (χ1n) is 6.74. The number of aliphatic hydroxyl groups is 1. The lowest BCUT2D eigenvalue weighted by Crippen LogP contribution is -2.21. The van der Waals surface area contributed by atoms with Crippen LogP contribution < -0.4 is 5.73 Å². The van der Waals surface area contributed by atoms with Crippen molar-refractivity contribution >= 4 is 15.9 Å². The van der Waals surface area contributed by atoms with Crippen LogP contribution in [-0.4, -0.2) is 11.7 Å². The Morgan fingerprint density at radius 3 is 2.10 bits per heavy atom. The fourth-order valence-electron chi connectivity index (χ4n) is 2.65. The van der Waals surface area contributed by atoms with Gasteiger partial charge in [-0.05, 0) is 48.2 Å². The number of aryl methyl sites for hydroxylation is 2. The molecule has 0 saturated carbocycles. The SMILES string of the molecule is Cc1cccc(C)c1C(O)C(CN)c1ccc(Br)cc1. The van der Waals surface area contributed by atoms with E-state index < -0.39 is 6.10 Å². The van der Waals surface area contributed by atoms with E-state index in [1.165, 1.54) is 0 Å². The summed E-state index contributed by atoms with van der Waals surface area (Å²) in [5, 5.41) is 10.8. The molecule has 3 N–H and O–H groups in total. The second-order valence-corrected chi connectivity index (χ2v) is 6.06. The number of rotatable bonds is 4. The third-order valence-electron chi connectivity index (χ3n) is 3.77. The fourth-order valence-corrected chi connectivity index (χ4v) is 2.92. The average molecular weight is 334 g/mol. The molecule has 0 aromatic heterocycles. The van der Waals surface area contributed by atoms with Crippen molar-refractivity contribution in [3.8, 4) is 0 Å². The van der Waals surface area contributed by atoms with Gasteiger partial charge in [-0.15, -0.1) is 0 Å². The summed E-state index contributed by atoms with van der Waals surface area (Å²) in [7, 11) is 0. The van der Waals surface area contributed by atoms with Crippen molar-refractivity contribution in [2.75, 3.05) is 6.54 Å². The van der Waals surface area contributed by atoms with Crippen LogP contribution in [0.25, 0.3) is 0 Å². The first-order chi connectivity index (χ1) is 9.54. The monoisotopic (exact) mass is 333 g/mol. The van der Waals surface area contributed by atoms with E-state index in [0.29, 0.717) is 6.54 Å². The lowest BCUT2D eigenvalue weighted by molar-refractivity contribution is 0.146. The molecule has 0 bridgehead atoms. The van der Waals surface area contributed by atoms with Crippen molar-refractivity contribution < 1.29 is 5.11 Å². The molecule has 0 aliphatic heterocycles. The molecule has 106 valence electrons. The molecule has 0 amide bonds. The van der Waals surface area contributed by atoms with E-state index >= 15 is 0 Å². The Hall–Kier alpha value is -1.16. The molecule has 2 rings (SSSR count). The van der Waals surface area contributed by atoms with Crippen LogP contribution in [0.15, 0.2) is 46.9 Å². The summed E-state index contributed by atoms with van der Waals surface area (Å²) >= 11 is 3.43. The average Bonchev–Trinajstić information content (AvgIpc) is 2.41. The maximum atomic E-state index is 10.8. The number of hydrogen-bond donors (Lipinski definition) is 2. The molecule has 3 heteroatoms. The van der Waals surface area contributed by atoms with E-state index in [9.17, 15) is 5.11 Å². The third kappa shape index (κ3) is 3.11. The first-order valence-corrected chi connectivity index (χ1v) is 7.53. The number of hydrogen-bond acceptors (Lipinski definition) is 2. The summed E-state index contributed by atoms with van der Waals surface area (Å²) in [6, 6.07) is 14.1. The van der Waals surface area contributed by atoms with Gasteiger partial charge in [0.2, 0.25) is 0 Å². The molecular weight excluding hydrogens is 314 g/mol. The van der Waals surface area contributed by atoms with Crippen LogP contribution in [0.3, 0.4) is 0 Å². The van der Waals surface area contributed by atoms with Gasteiger partial charge in [-0.3, -0.25) is 0 Å². The van der Waals surface area contributed by atoms with Gasteiger partial charge in [0.25, 0.3) is 0 Å². The van der Waals surface area contributed by atoms with Gasteiger partial charge in [0, 0.05) is 16.9 Å². The van der Waals surface area contributed by atoms with Gasteiger partial charge >= 0.3 is 0 Å². The van der Waals surface area contributed by atoms with E-state index in [0.717, 1.165) is 26.7 Å². The van der Waals surface area contributed by atoms with E-state index in [-0.39, 0.29) is 5.92 Å². The number of benzene rings is 2. The van der Waals surface area contributed by atoms with Crippen molar-refractivity contribution in [2.45, 2.75) is 25.9 Å². The van der Waals surface area contributed by atoms with Gasteiger partial charge < -0.3 is 10.8 Å². The van der Waals surface area contributed by atoms with Crippen LogP contribution in [0.4, 0.5) is 0 Å². The Labute approximate surface area is 128 Å². The molecular formula is C17H20BrNO. The van der Waals surface area contributed by atoms with Gasteiger partial charge in [-0.25, -0.2) is 0 Å². The Balaban J connectivity index is 2.39. The smallest absolute Gasteiger partial charge is 0.0875 e. The Kier molecular flexibility index (Phi) is 4.97. The van der Waals surface area contributed by atoms with Crippen LogP contribution in [0.2, 0.25) is 0 Å². The molecule has 2 aromatic carbocycles. The highest BCUT2D eigenvalue weighted by Crippen LogP contribution is 2.34. The second kappa shape index (κ2) is 6.53. The molecule has 2 unspecified atom stereocenters. The molecule has 2 aromatic rings. The molecule has 0 heterocycles. The lowest BCUT2D eigenvalue weighted by Gasteiger charge is -2.25. The van der Waals surface area contributed by atoms with Crippen LogP contribution in [0, 0.1) is 13.8 Å². The fraction of sp³-hybridized carbons (Fsp3) is 0.294. The summed E-state index contributed by atoms with van der Waals surface area (Å²) in [6.07, 6.45) is -0.581. The highest BCUT2D eigenvalue weighted by Gasteiger charge is 2.24. The number of nitrogens with two attached hydrogens (primary N) is 1. The molecule has 20 heavy (non-hydrogen) atoms. The van der Waals surface area contributed by atoms with Gasteiger partial charge in [0.15, 0.2) is 0 Å². The van der Waals surface area contributed by atoms with E-state index in [2.05, 4.69) is 15.9 Å². The Morgan fingerprint density at radius 2 is 1.60 bits per heavy atom. The minimum absolute atomic E-state index is 0.0945. The minimum atomic E-state index is -0.581. The minimum Gasteiger partial charge on any atom is -0.388 e. The summed E-state index contributed by atoms with van der Waals surface area (Å²) in [6.45, 7) is 4.47. The highest BCUT2D eigenvalue weighted by molar-refractivity contribution is 9.10. The number of halogens is 1. The largest absolute Gasteiger partial charge is 0.388 e. The predicted octanol–water partition coefficient (Wildman–Crippen LogP) is 3.84. The molecule has 0 radical (unpaired) electrons. The first kappa shape index (κ1) is 15.2. The molecule has 0 saturated heterocycles. The van der Waals surface area contributed by atoms with Gasteiger partial charge in [-0.1, -0.05) is 46.3 Å². The molecule has 2 atom stereocenters. The van der Waals surface area contributed by atoms with Crippen molar-refractivity contribution in [3.05, 3.63) is 69.2 Å². The summed E-state index contributed by atoms with van der Waals surface area (Å²) < 4.78 is 1.03. The van der Waals surface area contributed by atoms with E-state index in [4.69, 9.17) is 5.73 Å².